The number of hydrogen-bond acceptors (Lipinski definition) is 8. The predicted molar refractivity (Wildman–Crippen MR) is 68.4 cm³/mol. The van der Waals surface area contributed by atoms with Gasteiger partial charge in [-0.1, -0.05) is 0 Å². The average molecular weight is 256 g/mol. The van der Waals surface area contributed by atoms with Crippen molar-refractivity contribution >= 4 is 11.9 Å². The molecule has 0 fully saturated rings. The van der Waals surface area contributed by atoms with Gasteiger partial charge in [-0.2, -0.15) is 15.0 Å². The number of rotatable bonds is 8. The van der Waals surface area contributed by atoms with Gasteiger partial charge in [-0.3, -0.25) is 5.43 Å². The van der Waals surface area contributed by atoms with Crippen LogP contribution in [0.5, 0.6) is 6.01 Å². The van der Waals surface area contributed by atoms with Gasteiger partial charge in [-0.25, -0.2) is 5.84 Å². The Morgan fingerprint density at radius 3 is 2.67 bits per heavy atom. The van der Waals surface area contributed by atoms with Crippen LogP contribution in [-0.4, -0.2) is 47.4 Å². The minimum absolute atomic E-state index is 0.218. The van der Waals surface area contributed by atoms with Crippen LogP contribution in [-0.2, 0) is 0 Å². The van der Waals surface area contributed by atoms with Gasteiger partial charge < -0.3 is 14.7 Å². The van der Waals surface area contributed by atoms with Crippen molar-refractivity contribution in [1.82, 2.24) is 15.0 Å². The molecule has 4 N–H and O–H groups in total. The minimum atomic E-state index is 0.218. The SMILES string of the molecule is COc1nc(NN)nc(N(C)CCCCCO)n1. The molecule has 0 radical (unpaired) electrons. The summed E-state index contributed by atoms with van der Waals surface area (Å²) in [5.74, 6) is 6.04. The van der Waals surface area contributed by atoms with Gasteiger partial charge in [0.1, 0.15) is 0 Å². The second-order valence-electron chi connectivity index (χ2n) is 3.80. The number of nitrogens with two attached hydrogens (primary N) is 1. The molecule has 102 valence electrons. The summed E-state index contributed by atoms with van der Waals surface area (Å²) in [5.41, 5.74) is 2.37. The number of unbranched alkanes of at least 4 members (excludes halogenated alkanes) is 2. The molecule has 0 aliphatic rings. The van der Waals surface area contributed by atoms with Crippen molar-refractivity contribution < 1.29 is 9.84 Å². The van der Waals surface area contributed by atoms with Gasteiger partial charge in [0.05, 0.1) is 7.11 Å². The number of nitrogens with zero attached hydrogens (tertiary/aromatic N) is 4. The van der Waals surface area contributed by atoms with Crippen LogP contribution in [0.3, 0.4) is 0 Å². The predicted octanol–water partition coefficient (Wildman–Crippen LogP) is -0.235. The summed E-state index contributed by atoms with van der Waals surface area (Å²) in [4.78, 5) is 14.1. The molecule has 1 heterocycles. The van der Waals surface area contributed by atoms with E-state index in [1.165, 1.54) is 7.11 Å². The highest BCUT2D eigenvalue weighted by atomic mass is 16.5. The van der Waals surface area contributed by atoms with Crippen molar-refractivity contribution in [3.63, 3.8) is 0 Å². The fourth-order valence-electron chi connectivity index (χ4n) is 1.41. The zero-order chi connectivity index (χ0) is 13.4. The Kier molecular flexibility index (Phi) is 6.09. The smallest absolute Gasteiger partial charge is 0.322 e. The van der Waals surface area contributed by atoms with E-state index in [2.05, 4.69) is 20.4 Å². The lowest BCUT2D eigenvalue weighted by Gasteiger charge is -2.17. The monoisotopic (exact) mass is 256 g/mol. The van der Waals surface area contributed by atoms with Gasteiger partial charge in [0.25, 0.3) is 0 Å². The Hall–Kier alpha value is -1.67. The van der Waals surface area contributed by atoms with E-state index < -0.39 is 0 Å². The van der Waals surface area contributed by atoms with Crippen LogP contribution < -0.4 is 20.9 Å². The maximum Gasteiger partial charge on any atom is 0.322 e. The molecule has 1 aromatic heterocycles. The van der Waals surface area contributed by atoms with E-state index in [0.29, 0.717) is 5.95 Å². The molecule has 0 saturated carbocycles. The van der Waals surface area contributed by atoms with Gasteiger partial charge in [-0.05, 0) is 19.3 Å². The molecule has 0 spiro atoms. The van der Waals surface area contributed by atoms with E-state index in [1.807, 2.05) is 11.9 Å². The molecule has 0 amide bonds. The number of anilines is 2. The van der Waals surface area contributed by atoms with Crippen molar-refractivity contribution in [2.45, 2.75) is 19.3 Å². The van der Waals surface area contributed by atoms with E-state index >= 15 is 0 Å². The Balaban J connectivity index is 2.63. The molecule has 8 nitrogen and oxygen atoms in total. The first kappa shape index (κ1) is 14.4. The number of ether oxygens (including phenoxy) is 1. The van der Waals surface area contributed by atoms with Crippen LogP contribution >= 0.6 is 0 Å². The van der Waals surface area contributed by atoms with Crippen molar-refractivity contribution in [3.8, 4) is 6.01 Å². The second kappa shape index (κ2) is 7.62. The molecule has 0 atom stereocenters. The average Bonchev–Trinajstić information content (AvgIpc) is 2.42. The minimum Gasteiger partial charge on any atom is -0.467 e. The third kappa shape index (κ3) is 4.30. The van der Waals surface area contributed by atoms with Gasteiger partial charge in [0.15, 0.2) is 0 Å². The van der Waals surface area contributed by atoms with Gasteiger partial charge in [0, 0.05) is 20.2 Å². The van der Waals surface area contributed by atoms with Crippen LogP contribution in [0.4, 0.5) is 11.9 Å². The molecule has 1 rings (SSSR count). The number of aromatic nitrogens is 3. The lowest BCUT2D eigenvalue weighted by Crippen LogP contribution is -2.23. The topological polar surface area (TPSA) is 109 Å². The van der Waals surface area contributed by atoms with Crippen LogP contribution in [0.2, 0.25) is 0 Å². The highest BCUT2D eigenvalue weighted by Crippen LogP contribution is 2.13. The van der Waals surface area contributed by atoms with Gasteiger partial charge in [-0.15, -0.1) is 0 Å². The molecular weight excluding hydrogens is 236 g/mol. The van der Waals surface area contributed by atoms with Crippen LogP contribution in [0.25, 0.3) is 0 Å². The third-order valence-corrected chi connectivity index (χ3v) is 2.41. The Morgan fingerprint density at radius 1 is 1.28 bits per heavy atom. The quantitative estimate of drug-likeness (QED) is 0.332. The first-order valence-corrected chi connectivity index (χ1v) is 5.80. The van der Waals surface area contributed by atoms with E-state index in [-0.39, 0.29) is 18.6 Å². The highest BCUT2D eigenvalue weighted by molar-refractivity contribution is 5.36. The fraction of sp³-hybridized carbons (Fsp3) is 0.700. The molecule has 18 heavy (non-hydrogen) atoms. The zero-order valence-corrected chi connectivity index (χ0v) is 10.8. The summed E-state index contributed by atoms with van der Waals surface area (Å²) >= 11 is 0. The number of methoxy groups -OCH3 is 1. The molecular formula is C10H20N6O2. The lowest BCUT2D eigenvalue weighted by molar-refractivity contribution is 0.283. The molecule has 0 aliphatic heterocycles. The molecule has 0 bridgehead atoms. The van der Waals surface area contributed by atoms with E-state index in [9.17, 15) is 0 Å². The van der Waals surface area contributed by atoms with Crippen molar-refractivity contribution in [2.24, 2.45) is 5.84 Å². The maximum absolute atomic E-state index is 8.70. The van der Waals surface area contributed by atoms with Crippen LogP contribution in [0.15, 0.2) is 0 Å². The van der Waals surface area contributed by atoms with Crippen molar-refractivity contribution in [2.75, 3.05) is 37.6 Å². The molecule has 8 heteroatoms. The largest absolute Gasteiger partial charge is 0.467 e. The summed E-state index contributed by atoms with van der Waals surface area (Å²) in [6.45, 7) is 1.02. The normalized spacial score (nSPS) is 10.2. The first-order valence-electron chi connectivity index (χ1n) is 5.80. The summed E-state index contributed by atoms with van der Waals surface area (Å²) in [5, 5.41) is 8.70. The number of nitrogens with one attached hydrogen (secondary N) is 1. The van der Waals surface area contributed by atoms with E-state index in [1.54, 1.807) is 0 Å². The molecule has 0 aromatic carbocycles. The zero-order valence-electron chi connectivity index (χ0n) is 10.8. The molecule has 1 aromatic rings. The summed E-state index contributed by atoms with van der Waals surface area (Å²) in [6, 6.07) is 0.218. The Labute approximate surface area is 106 Å². The summed E-state index contributed by atoms with van der Waals surface area (Å²) < 4.78 is 4.97. The number of aliphatic hydroxyl groups excluding tert-OH is 1. The van der Waals surface area contributed by atoms with E-state index in [4.69, 9.17) is 15.7 Å². The van der Waals surface area contributed by atoms with Crippen LogP contribution in [0, 0.1) is 0 Å². The Morgan fingerprint density at radius 2 is 2.06 bits per heavy atom. The summed E-state index contributed by atoms with van der Waals surface area (Å²) in [6.07, 6.45) is 2.73. The number of nitrogen functional groups attached to an aromatic ring is 1. The van der Waals surface area contributed by atoms with Crippen molar-refractivity contribution in [3.05, 3.63) is 0 Å². The highest BCUT2D eigenvalue weighted by Gasteiger charge is 2.09. The van der Waals surface area contributed by atoms with Crippen molar-refractivity contribution in [1.29, 1.82) is 0 Å². The molecule has 0 unspecified atom stereocenters. The summed E-state index contributed by atoms with van der Waals surface area (Å²) in [7, 11) is 3.37. The lowest BCUT2D eigenvalue weighted by atomic mass is 10.2. The third-order valence-electron chi connectivity index (χ3n) is 2.41. The van der Waals surface area contributed by atoms with Gasteiger partial charge >= 0.3 is 6.01 Å². The fourth-order valence-corrected chi connectivity index (χ4v) is 1.41. The van der Waals surface area contributed by atoms with Gasteiger partial charge in [0.2, 0.25) is 11.9 Å². The number of hydrogen-bond donors (Lipinski definition) is 3. The molecule has 0 saturated heterocycles. The van der Waals surface area contributed by atoms with Crippen LogP contribution in [0.1, 0.15) is 19.3 Å². The Bertz CT molecular complexity index is 340. The first-order chi connectivity index (χ1) is 8.71. The second-order valence-corrected chi connectivity index (χ2v) is 3.80. The number of hydrazine groups is 1. The standard InChI is InChI=1S/C10H20N6O2/c1-16(6-4-3-5-7-17)9-12-8(15-11)13-10(14-9)18-2/h17H,3-7,11H2,1-2H3,(H,12,13,14,15). The van der Waals surface area contributed by atoms with E-state index in [0.717, 1.165) is 25.8 Å². The number of aliphatic hydroxyl groups is 1. The molecule has 0 aliphatic carbocycles. The maximum atomic E-state index is 8.70.